The van der Waals surface area contributed by atoms with E-state index in [-0.39, 0.29) is 18.3 Å². The van der Waals surface area contributed by atoms with Crippen LogP contribution >= 0.6 is 0 Å². The summed E-state index contributed by atoms with van der Waals surface area (Å²) in [5, 5.41) is 9.40. The monoisotopic (exact) mass is 439 g/mol. The van der Waals surface area contributed by atoms with Crippen LogP contribution in [0.4, 0.5) is 4.39 Å². The lowest BCUT2D eigenvalue weighted by atomic mass is 9.84. The lowest BCUT2D eigenvalue weighted by Crippen LogP contribution is -2.47. The first-order valence-corrected chi connectivity index (χ1v) is 11.2. The van der Waals surface area contributed by atoms with E-state index >= 15 is 0 Å². The molecule has 0 aromatic heterocycles. The molecule has 170 valence electrons. The van der Waals surface area contributed by atoms with Gasteiger partial charge in [0.25, 0.3) is 0 Å². The molecule has 2 aromatic carbocycles. The van der Waals surface area contributed by atoms with Gasteiger partial charge < -0.3 is 15.7 Å². The highest BCUT2D eigenvalue weighted by atomic mass is 19.1. The number of amides is 2. The summed E-state index contributed by atoms with van der Waals surface area (Å²) in [5.74, 6) is -0.691. The molecule has 4 rings (SSSR count). The molecule has 2 aliphatic rings. The third kappa shape index (κ3) is 5.00. The van der Waals surface area contributed by atoms with E-state index in [0.29, 0.717) is 35.7 Å². The second-order valence-electron chi connectivity index (χ2n) is 8.88. The normalized spacial score (nSPS) is 22.6. The maximum absolute atomic E-state index is 13.5. The second kappa shape index (κ2) is 9.79. The fraction of sp³-hybridized carbons (Fsp3) is 0.440. The van der Waals surface area contributed by atoms with Crippen LogP contribution in [0.2, 0.25) is 0 Å². The minimum absolute atomic E-state index is 0.281. The van der Waals surface area contributed by atoms with Crippen LogP contribution in [0.15, 0.2) is 48.5 Å². The number of nitrogens with zero attached hydrogens (tertiary/aromatic N) is 2. The Morgan fingerprint density at radius 1 is 1.09 bits per heavy atom. The number of halogens is 1. The molecule has 7 heteroatoms. The Kier molecular flexibility index (Phi) is 6.86. The molecule has 6 nitrogen and oxygen atoms in total. The van der Waals surface area contributed by atoms with Crippen molar-refractivity contribution in [3.63, 3.8) is 0 Å². The number of fused-ring (bicyclic) bond motifs is 2. The van der Waals surface area contributed by atoms with Crippen molar-refractivity contribution in [2.24, 2.45) is 5.73 Å². The Bertz CT molecular complexity index is 968. The predicted octanol–water partition coefficient (Wildman–Crippen LogP) is 2.66. The van der Waals surface area contributed by atoms with Crippen molar-refractivity contribution in [3.05, 3.63) is 71.0 Å². The molecule has 2 bridgehead atoms. The number of rotatable bonds is 8. The average Bonchev–Trinajstić information content (AvgIpc) is 3.02. The van der Waals surface area contributed by atoms with E-state index in [0.717, 1.165) is 32.2 Å². The smallest absolute Gasteiger partial charge is 0.248 e. The first-order valence-electron chi connectivity index (χ1n) is 11.2. The number of nitrogens with two attached hydrogens (primary N) is 1. The van der Waals surface area contributed by atoms with Crippen molar-refractivity contribution in [1.29, 1.82) is 0 Å². The Morgan fingerprint density at radius 2 is 1.81 bits per heavy atom. The topological polar surface area (TPSA) is 86.9 Å². The van der Waals surface area contributed by atoms with Gasteiger partial charge in [0, 0.05) is 37.3 Å². The van der Waals surface area contributed by atoms with Gasteiger partial charge in [-0.05, 0) is 67.0 Å². The number of hydrogen-bond acceptors (Lipinski definition) is 4. The van der Waals surface area contributed by atoms with Gasteiger partial charge in [0.2, 0.25) is 11.8 Å². The number of aliphatic hydroxyl groups excluding tert-OH is 1. The van der Waals surface area contributed by atoms with Crippen LogP contribution in [0.25, 0.3) is 0 Å². The molecule has 2 aliphatic heterocycles. The van der Waals surface area contributed by atoms with E-state index in [1.807, 2.05) is 12.1 Å². The number of aliphatic hydroxyl groups is 1. The zero-order valence-corrected chi connectivity index (χ0v) is 18.1. The number of hydrogen-bond donors (Lipinski definition) is 2. The summed E-state index contributed by atoms with van der Waals surface area (Å²) in [6.45, 7) is 0.943. The Labute approximate surface area is 187 Å². The molecule has 0 saturated carbocycles. The quantitative estimate of drug-likeness (QED) is 0.662. The molecule has 3 N–H and O–H groups in total. The molecule has 2 saturated heterocycles. The summed E-state index contributed by atoms with van der Waals surface area (Å²) in [7, 11) is 0. The van der Waals surface area contributed by atoms with Gasteiger partial charge >= 0.3 is 0 Å². The molecule has 2 amide bonds. The lowest BCUT2D eigenvalue weighted by molar-refractivity contribution is -0.135. The van der Waals surface area contributed by atoms with Gasteiger partial charge in [0.15, 0.2) is 0 Å². The van der Waals surface area contributed by atoms with Gasteiger partial charge in [-0.2, -0.15) is 0 Å². The molecular formula is C25H30FN3O3. The molecule has 2 fully saturated rings. The van der Waals surface area contributed by atoms with Crippen LogP contribution in [-0.2, 0) is 11.3 Å². The SMILES string of the molecule is NC(=O)c1cccc(C2CC3CCC(C2)N3CCN(Cc2cccc(F)c2)C(=O)CO)c1. The fourth-order valence-corrected chi connectivity index (χ4v) is 5.34. The Balaban J connectivity index is 1.40. The van der Waals surface area contributed by atoms with Gasteiger partial charge in [-0.15, -0.1) is 0 Å². The van der Waals surface area contributed by atoms with Crippen LogP contribution in [0.3, 0.4) is 0 Å². The first kappa shape index (κ1) is 22.4. The van der Waals surface area contributed by atoms with E-state index in [1.54, 1.807) is 23.1 Å². The minimum atomic E-state index is -0.555. The molecular weight excluding hydrogens is 409 g/mol. The summed E-state index contributed by atoms with van der Waals surface area (Å²) in [6, 6.07) is 14.7. The largest absolute Gasteiger partial charge is 0.387 e. The Morgan fingerprint density at radius 3 is 2.47 bits per heavy atom. The number of benzene rings is 2. The van der Waals surface area contributed by atoms with Crippen LogP contribution < -0.4 is 5.73 Å². The van der Waals surface area contributed by atoms with Crippen molar-refractivity contribution in [1.82, 2.24) is 9.80 Å². The number of carbonyl (C=O) groups excluding carboxylic acids is 2. The summed E-state index contributed by atoms with van der Waals surface area (Å²) in [6.07, 6.45) is 4.26. The average molecular weight is 440 g/mol. The maximum Gasteiger partial charge on any atom is 0.248 e. The van der Waals surface area contributed by atoms with Crippen molar-refractivity contribution in [2.75, 3.05) is 19.7 Å². The van der Waals surface area contributed by atoms with Crippen molar-refractivity contribution >= 4 is 11.8 Å². The van der Waals surface area contributed by atoms with Crippen molar-refractivity contribution in [2.45, 2.75) is 50.2 Å². The van der Waals surface area contributed by atoms with Gasteiger partial charge in [-0.3, -0.25) is 14.5 Å². The molecule has 2 atom stereocenters. The number of piperidine rings is 1. The number of primary amides is 1. The summed E-state index contributed by atoms with van der Waals surface area (Å²) >= 11 is 0. The van der Waals surface area contributed by atoms with Crippen LogP contribution in [0.1, 0.15) is 53.1 Å². The van der Waals surface area contributed by atoms with E-state index in [9.17, 15) is 19.1 Å². The molecule has 0 radical (unpaired) electrons. The molecule has 0 spiro atoms. The van der Waals surface area contributed by atoms with Gasteiger partial charge in [-0.25, -0.2) is 4.39 Å². The summed E-state index contributed by atoms with van der Waals surface area (Å²) in [4.78, 5) is 27.9. The zero-order chi connectivity index (χ0) is 22.7. The van der Waals surface area contributed by atoms with Gasteiger partial charge in [0.1, 0.15) is 12.4 Å². The fourth-order valence-electron chi connectivity index (χ4n) is 5.34. The molecule has 2 heterocycles. The second-order valence-corrected chi connectivity index (χ2v) is 8.88. The highest BCUT2D eigenvalue weighted by Crippen LogP contribution is 2.43. The predicted molar refractivity (Wildman–Crippen MR) is 119 cm³/mol. The summed E-state index contributed by atoms with van der Waals surface area (Å²) in [5.41, 5.74) is 7.88. The van der Waals surface area contributed by atoms with E-state index in [2.05, 4.69) is 11.0 Å². The first-order chi connectivity index (χ1) is 15.4. The molecule has 32 heavy (non-hydrogen) atoms. The van der Waals surface area contributed by atoms with Gasteiger partial charge in [-0.1, -0.05) is 24.3 Å². The Hall–Kier alpha value is -2.77. The van der Waals surface area contributed by atoms with Crippen LogP contribution in [-0.4, -0.2) is 58.5 Å². The molecule has 0 aliphatic carbocycles. The van der Waals surface area contributed by atoms with Gasteiger partial charge in [0.05, 0.1) is 0 Å². The van der Waals surface area contributed by atoms with Crippen LogP contribution in [0, 0.1) is 5.82 Å². The zero-order valence-electron chi connectivity index (χ0n) is 18.1. The minimum Gasteiger partial charge on any atom is -0.387 e. The highest BCUT2D eigenvalue weighted by molar-refractivity contribution is 5.92. The van der Waals surface area contributed by atoms with Crippen LogP contribution in [0.5, 0.6) is 0 Å². The molecule has 2 unspecified atom stereocenters. The highest BCUT2D eigenvalue weighted by Gasteiger charge is 2.41. The third-order valence-corrected chi connectivity index (χ3v) is 6.91. The summed E-state index contributed by atoms with van der Waals surface area (Å²) < 4.78 is 13.5. The van der Waals surface area contributed by atoms with E-state index < -0.39 is 12.5 Å². The van der Waals surface area contributed by atoms with E-state index in [4.69, 9.17) is 5.73 Å². The third-order valence-electron chi connectivity index (χ3n) is 6.91. The number of carbonyl (C=O) groups is 2. The van der Waals surface area contributed by atoms with Crippen molar-refractivity contribution in [3.8, 4) is 0 Å². The molecule has 2 aromatic rings. The van der Waals surface area contributed by atoms with Crippen molar-refractivity contribution < 1.29 is 19.1 Å². The standard InChI is InChI=1S/C25H30FN3O3/c26-21-6-1-3-17(11-21)15-28(24(31)16-30)9-10-29-22-7-8-23(29)14-20(13-22)18-4-2-5-19(12-18)25(27)32/h1-6,11-12,20,22-23,30H,7-10,13-16H2,(H2,27,32). The van der Waals surface area contributed by atoms with E-state index in [1.165, 1.54) is 17.7 Å². The lowest BCUT2D eigenvalue weighted by Gasteiger charge is -2.40. The maximum atomic E-state index is 13.5.